The Morgan fingerprint density at radius 3 is 2.44 bits per heavy atom. The summed E-state index contributed by atoms with van der Waals surface area (Å²) in [5.74, 6) is -0.449. The van der Waals surface area contributed by atoms with Crippen LogP contribution in [-0.2, 0) is 14.8 Å². The van der Waals surface area contributed by atoms with Crippen molar-refractivity contribution in [3.05, 3.63) is 30.1 Å². The lowest BCUT2D eigenvalue weighted by Gasteiger charge is -2.40. The first-order valence-corrected chi connectivity index (χ1v) is 7.14. The SMILES string of the molecule is CC1(C)COCCN1S(=O)(=O)c1ccc(F)cc1. The molecule has 1 aromatic carbocycles. The van der Waals surface area contributed by atoms with Gasteiger partial charge in [-0.15, -0.1) is 0 Å². The highest BCUT2D eigenvalue weighted by molar-refractivity contribution is 7.89. The van der Waals surface area contributed by atoms with E-state index in [1.807, 2.05) is 13.8 Å². The lowest BCUT2D eigenvalue weighted by Crippen LogP contribution is -2.55. The van der Waals surface area contributed by atoms with Gasteiger partial charge in [0.2, 0.25) is 10.0 Å². The van der Waals surface area contributed by atoms with Gasteiger partial charge in [0.05, 0.1) is 23.6 Å². The molecule has 1 aromatic rings. The zero-order valence-corrected chi connectivity index (χ0v) is 11.2. The molecule has 1 aliphatic rings. The van der Waals surface area contributed by atoms with E-state index in [2.05, 4.69) is 0 Å². The Morgan fingerprint density at radius 1 is 1.28 bits per heavy atom. The van der Waals surface area contributed by atoms with Crippen LogP contribution in [0.15, 0.2) is 29.2 Å². The van der Waals surface area contributed by atoms with Crippen LogP contribution in [0.25, 0.3) is 0 Å². The highest BCUT2D eigenvalue weighted by Crippen LogP contribution is 2.27. The predicted octanol–water partition coefficient (Wildman–Crippen LogP) is 1.63. The lowest BCUT2D eigenvalue weighted by atomic mass is 10.1. The standard InChI is InChI=1S/C12H16FNO3S/c1-12(2)9-17-8-7-14(12)18(15,16)11-5-3-10(13)4-6-11/h3-6H,7-9H2,1-2H3. The van der Waals surface area contributed by atoms with Gasteiger partial charge in [-0.3, -0.25) is 0 Å². The Labute approximate surface area is 106 Å². The molecule has 4 nitrogen and oxygen atoms in total. The van der Waals surface area contributed by atoms with Crippen molar-refractivity contribution in [1.29, 1.82) is 0 Å². The molecule has 1 aliphatic heterocycles. The molecule has 1 saturated heterocycles. The first-order chi connectivity index (χ1) is 8.34. The van der Waals surface area contributed by atoms with Crippen molar-refractivity contribution in [2.45, 2.75) is 24.3 Å². The second-order valence-electron chi connectivity index (χ2n) is 4.90. The zero-order valence-electron chi connectivity index (χ0n) is 10.4. The van der Waals surface area contributed by atoms with Crippen molar-refractivity contribution < 1.29 is 17.5 Å². The third-order valence-corrected chi connectivity index (χ3v) is 5.10. The van der Waals surface area contributed by atoms with Crippen LogP contribution in [0.3, 0.4) is 0 Å². The van der Waals surface area contributed by atoms with Gasteiger partial charge in [0.15, 0.2) is 0 Å². The van der Waals surface area contributed by atoms with Crippen molar-refractivity contribution in [2.24, 2.45) is 0 Å². The summed E-state index contributed by atoms with van der Waals surface area (Å²) in [6.45, 7) is 4.67. The van der Waals surface area contributed by atoms with Crippen LogP contribution >= 0.6 is 0 Å². The average molecular weight is 273 g/mol. The van der Waals surface area contributed by atoms with Gasteiger partial charge in [0, 0.05) is 6.54 Å². The van der Waals surface area contributed by atoms with Crippen molar-refractivity contribution in [3.8, 4) is 0 Å². The molecule has 0 amide bonds. The molecule has 1 heterocycles. The third-order valence-electron chi connectivity index (χ3n) is 2.97. The van der Waals surface area contributed by atoms with Gasteiger partial charge in [0.25, 0.3) is 0 Å². The number of morpholine rings is 1. The summed E-state index contributed by atoms with van der Waals surface area (Å²) in [5, 5.41) is 0. The monoisotopic (exact) mass is 273 g/mol. The summed E-state index contributed by atoms with van der Waals surface area (Å²) in [5.41, 5.74) is -0.592. The molecule has 0 spiro atoms. The molecule has 100 valence electrons. The summed E-state index contributed by atoms with van der Waals surface area (Å²) in [4.78, 5) is 0.110. The van der Waals surface area contributed by atoms with Gasteiger partial charge in [-0.05, 0) is 38.1 Å². The fourth-order valence-electron chi connectivity index (χ4n) is 2.02. The Bertz CT molecular complexity index is 525. The Kier molecular flexibility index (Phi) is 3.44. The normalized spacial score (nSPS) is 20.8. The minimum atomic E-state index is -3.60. The third kappa shape index (κ3) is 2.41. The van der Waals surface area contributed by atoms with Crippen LogP contribution in [-0.4, -0.2) is 38.0 Å². The molecule has 0 bridgehead atoms. The quantitative estimate of drug-likeness (QED) is 0.822. The molecular weight excluding hydrogens is 257 g/mol. The minimum absolute atomic E-state index is 0.110. The van der Waals surface area contributed by atoms with Crippen molar-refractivity contribution >= 4 is 10.0 Å². The Hall–Kier alpha value is -0.980. The van der Waals surface area contributed by atoms with Crippen molar-refractivity contribution in [2.75, 3.05) is 19.8 Å². The number of ether oxygens (including phenoxy) is 1. The number of halogens is 1. The van der Waals surface area contributed by atoms with Crippen LogP contribution in [0.1, 0.15) is 13.8 Å². The molecule has 6 heteroatoms. The smallest absolute Gasteiger partial charge is 0.243 e. The summed E-state index contributed by atoms with van der Waals surface area (Å²) >= 11 is 0. The van der Waals surface area contributed by atoms with Gasteiger partial charge in [-0.2, -0.15) is 4.31 Å². The number of benzene rings is 1. The fraction of sp³-hybridized carbons (Fsp3) is 0.500. The van der Waals surface area contributed by atoms with E-state index in [1.165, 1.54) is 16.4 Å². The molecule has 0 saturated carbocycles. The molecule has 0 aliphatic carbocycles. The van der Waals surface area contributed by atoms with Crippen LogP contribution in [0, 0.1) is 5.82 Å². The topological polar surface area (TPSA) is 46.6 Å². The summed E-state index contributed by atoms with van der Waals surface area (Å²) in [7, 11) is -3.60. The summed E-state index contributed by atoms with van der Waals surface area (Å²) in [6.07, 6.45) is 0. The van der Waals surface area contributed by atoms with Crippen LogP contribution < -0.4 is 0 Å². The maximum Gasteiger partial charge on any atom is 0.243 e. The zero-order chi connectivity index (χ0) is 13.4. The first-order valence-electron chi connectivity index (χ1n) is 5.70. The second-order valence-corrected chi connectivity index (χ2v) is 6.76. The van der Waals surface area contributed by atoms with Gasteiger partial charge in [0.1, 0.15) is 5.82 Å². The van der Waals surface area contributed by atoms with E-state index in [1.54, 1.807) is 0 Å². The highest BCUT2D eigenvalue weighted by atomic mass is 32.2. The van der Waals surface area contributed by atoms with Gasteiger partial charge in [-0.1, -0.05) is 0 Å². The van der Waals surface area contributed by atoms with Crippen LogP contribution in [0.5, 0.6) is 0 Å². The van der Waals surface area contributed by atoms with E-state index < -0.39 is 21.4 Å². The Balaban J connectivity index is 2.38. The summed E-state index contributed by atoms with van der Waals surface area (Å²) in [6, 6.07) is 4.88. The summed E-state index contributed by atoms with van der Waals surface area (Å²) < 4.78 is 44.5. The molecule has 0 unspecified atom stereocenters. The largest absolute Gasteiger partial charge is 0.378 e. The fourth-order valence-corrected chi connectivity index (χ4v) is 3.78. The van der Waals surface area contributed by atoms with E-state index >= 15 is 0 Å². The van der Waals surface area contributed by atoms with E-state index in [9.17, 15) is 12.8 Å². The molecule has 1 fully saturated rings. The van der Waals surface area contributed by atoms with E-state index in [4.69, 9.17) is 4.74 Å². The van der Waals surface area contributed by atoms with E-state index in [0.29, 0.717) is 19.8 Å². The van der Waals surface area contributed by atoms with Crippen molar-refractivity contribution in [1.82, 2.24) is 4.31 Å². The first kappa shape index (κ1) is 13.5. The number of hydrogen-bond donors (Lipinski definition) is 0. The van der Waals surface area contributed by atoms with Crippen LogP contribution in [0.2, 0.25) is 0 Å². The minimum Gasteiger partial charge on any atom is -0.378 e. The molecular formula is C12H16FNO3S. The molecule has 0 aromatic heterocycles. The van der Waals surface area contributed by atoms with Crippen LogP contribution in [0.4, 0.5) is 4.39 Å². The molecule has 2 rings (SSSR count). The Morgan fingerprint density at radius 2 is 1.89 bits per heavy atom. The number of nitrogens with zero attached hydrogens (tertiary/aromatic N) is 1. The highest BCUT2D eigenvalue weighted by Gasteiger charge is 2.39. The number of rotatable bonds is 2. The second kappa shape index (κ2) is 4.60. The van der Waals surface area contributed by atoms with Gasteiger partial charge < -0.3 is 4.74 Å². The number of sulfonamides is 1. The lowest BCUT2D eigenvalue weighted by molar-refractivity contribution is -0.00770. The van der Waals surface area contributed by atoms with Gasteiger partial charge >= 0.3 is 0 Å². The molecule has 0 N–H and O–H groups in total. The molecule has 0 radical (unpaired) electrons. The maximum absolute atomic E-state index is 12.8. The van der Waals surface area contributed by atoms with Crippen molar-refractivity contribution in [3.63, 3.8) is 0 Å². The molecule has 0 atom stereocenters. The molecule has 18 heavy (non-hydrogen) atoms. The van der Waals surface area contributed by atoms with Gasteiger partial charge in [-0.25, -0.2) is 12.8 Å². The maximum atomic E-state index is 12.8. The predicted molar refractivity (Wildman–Crippen MR) is 65.2 cm³/mol. The number of hydrogen-bond acceptors (Lipinski definition) is 3. The van der Waals surface area contributed by atoms with E-state index in [0.717, 1.165) is 12.1 Å². The average Bonchev–Trinajstić information content (AvgIpc) is 2.28. The van der Waals surface area contributed by atoms with E-state index in [-0.39, 0.29) is 4.90 Å².